The van der Waals surface area contributed by atoms with Gasteiger partial charge in [0.05, 0.1) is 0 Å². The summed E-state index contributed by atoms with van der Waals surface area (Å²) in [4.78, 5) is 33.8. The van der Waals surface area contributed by atoms with Gasteiger partial charge in [-0.1, -0.05) is 59.8 Å². The van der Waals surface area contributed by atoms with Crippen LogP contribution in [0.15, 0.2) is 83.4 Å². The lowest BCUT2D eigenvalue weighted by molar-refractivity contribution is -0.135. The van der Waals surface area contributed by atoms with E-state index in [1.165, 1.54) is 0 Å². The molecule has 1 fully saturated rings. The topological polar surface area (TPSA) is 79.5 Å². The molecule has 0 radical (unpaired) electrons. The monoisotopic (exact) mass is 476 g/mol. The molecule has 0 aliphatic carbocycles. The van der Waals surface area contributed by atoms with Crippen LogP contribution in [-0.4, -0.2) is 51.4 Å². The third kappa shape index (κ3) is 4.20. The zero-order chi connectivity index (χ0) is 24.6. The van der Waals surface area contributed by atoms with Gasteiger partial charge in [0.15, 0.2) is 0 Å². The van der Waals surface area contributed by atoms with Crippen molar-refractivity contribution in [3.63, 3.8) is 0 Å². The van der Waals surface area contributed by atoms with Gasteiger partial charge in [0.2, 0.25) is 17.6 Å². The summed E-state index contributed by atoms with van der Waals surface area (Å²) in [6.45, 7) is 3.35. The van der Waals surface area contributed by atoms with E-state index in [4.69, 9.17) is 4.52 Å². The molecule has 7 heteroatoms. The first-order chi connectivity index (χ1) is 17.5. The number of piperazine rings is 1. The number of aryl methyl sites for hydroxylation is 1. The second-order valence-corrected chi connectivity index (χ2v) is 9.14. The maximum Gasteiger partial charge on any atom is 0.254 e. The Hall–Kier alpha value is -4.52. The summed E-state index contributed by atoms with van der Waals surface area (Å²) in [7, 11) is 0. The van der Waals surface area contributed by atoms with Crippen molar-refractivity contribution >= 4 is 33.4 Å². The number of amides is 2. The minimum Gasteiger partial charge on any atom is -0.339 e. The fourth-order valence-electron chi connectivity index (χ4n) is 4.72. The smallest absolute Gasteiger partial charge is 0.254 e. The van der Waals surface area contributed by atoms with Crippen LogP contribution in [0.1, 0.15) is 21.8 Å². The zero-order valence-electron chi connectivity index (χ0n) is 19.8. The first-order valence-electron chi connectivity index (χ1n) is 11.9. The Balaban J connectivity index is 1.16. The van der Waals surface area contributed by atoms with E-state index in [0.29, 0.717) is 36.9 Å². The van der Waals surface area contributed by atoms with Gasteiger partial charge in [0.1, 0.15) is 6.54 Å². The van der Waals surface area contributed by atoms with Crippen molar-refractivity contribution in [2.75, 3.05) is 19.6 Å². The van der Waals surface area contributed by atoms with Gasteiger partial charge >= 0.3 is 0 Å². The molecule has 1 aromatic heterocycles. The molecule has 0 bridgehead atoms. The lowest BCUT2D eigenvalue weighted by atomic mass is 10.0. The van der Waals surface area contributed by atoms with Crippen molar-refractivity contribution in [2.24, 2.45) is 0 Å². The fraction of sp³-hybridized carbons (Fsp3) is 0.172. The summed E-state index contributed by atoms with van der Waals surface area (Å²) in [6.07, 6.45) is 0. The number of hydrogen-bond donors (Lipinski definition) is 0. The van der Waals surface area contributed by atoms with E-state index in [1.807, 2.05) is 71.6 Å². The summed E-state index contributed by atoms with van der Waals surface area (Å²) in [5, 5.41) is 8.25. The highest BCUT2D eigenvalue weighted by Crippen LogP contribution is 2.25. The van der Waals surface area contributed by atoms with Crippen molar-refractivity contribution < 1.29 is 14.1 Å². The molecule has 0 atom stereocenters. The van der Waals surface area contributed by atoms with E-state index in [1.54, 1.807) is 11.8 Å². The number of fused-ring (bicyclic) bond motifs is 2. The Labute approximate surface area is 207 Å². The molecule has 0 unspecified atom stereocenters. The second-order valence-electron chi connectivity index (χ2n) is 9.14. The Bertz CT molecular complexity index is 1620. The molecule has 1 aliphatic heterocycles. The largest absolute Gasteiger partial charge is 0.339 e. The van der Waals surface area contributed by atoms with Crippen LogP contribution in [-0.2, 0) is 11.3 Å². The first-order valence-corrected chi connectivity index (χ1v) is 11.9. The van der Waals surface area contributed by atoms with Crippen molar-refractivity contribution in [3.8, 4) is 11.4 Å². The summed E-state index contributed by atoms with van der Waals surface area (Å²) in [5.74, 6) is 0.924. The maximum absolute atomic E-state index is 13.1. The van der Waals surface area contributed by atoms with Crippen LogP contribution in [0.4, 0.5) is 0 Å². The van der Waals surface area contributed by atoms with Crippen LogP contribution in [0, 0.1) is 6.92 Å². The highest BCUT2D eigenvalue weighted by Gasteiger charge is 2.28. The fourth-order valence-corrected chi connectivity index (χ4v) is 4.72. The van der Waals surface area contributed by atoms with Crippen LogP contribution in [0.2, 0.25) is 0 Å². The number of benzene rings is 4. The van der Waals surface area contributed by atoms with E-state index in [0.717, 1.165) is 32.7 Å². The molecule has 4 aromatic carbocycles. The van der Waals surface area contributed by atoms with Gasteiger partial charge in [-0.25, -0.2) is 0 Å². The normalized spacial score (nSPS) is 14.1. The highest BCUT2D eigenvalue weighted by molar-refractivity contribution is 6.00. The molecular formula is C29H24N4O3. The minimum atomic E-state index is -0.108. The van der Waals surface area contributed by atoms with E-state index >= 15 is 0 Å². The molecule has 0 spiro atoms. The molecule has 1 saturated heterocycles. The van der Waals surface area contributed by atoms with E-state index < -0.39 is 0 Å². The van der Waals surface area contributed by atoms with Gasteiger partial charge in [0, 0.05) is 37.7 Å². The molecule has 0 N–H and O–H groups in total. The van der Waals surface area contributed by atoms with Gasteiger partial charge < -0.3 is 14.3 Å². The molecule has 5 aromatic rings. The van der Waals surface area contributed by atoms with Crippen LogP contribution >= 0.6 is 0 Å². The quantitative estimate of drug-likeness (QED) is 0.371. The van der Waals surface area contributed by atoms with Gasteiger partial charge in [-0.3, -0.25) is 9.59 Å². The van der Waals surface area contributed by atoms with Gasteiger partial charge in [-0.2, -0.15) is 4.98 Å². The summed E-state index contributed by atoms with van der Waals surface area (Å²) in [6, 6.07) is 25.8. The minimum absolute atomic E-state index is 0.0495. The molecule has 2 amide bonds. The Morgan fingerprint density at radius 1 is 0.889 bits per heavy atom. The van der Waals surface area contributed by atoms with Crippen LogP contribution in [0.25, 0.3) is 32.9 Å². The molecule has 36 heavy (non-hydrogen) atoms. The van der Waals surface area contributed by atoms with Gasteiger partial charge in [0.25, 0.3) is 5.91 Å². The highest BCUT2D eigenvalue weighted by atomic mass is 16.5. The third-order valence-electron chi connectivity index (χ3n) is 6.67. The molecule has 7 nitrogen and oxygen atoms in total. The van der Waals surface area contributed by atoms with Crippen molar-refractivity contribution in [1.82, 2.24) is 19.9 Å². The first kappa shape index (κ1) is 22.0. The SMILES string of the molecule is Cc1nc(-c2ccc3ccc(CN4CCN(C(=O)c5ccc6ccccc6c5)CC4=O)cc3c2)no1. The Kier molecular flexibility index (Phi) is 5.45. The van der Waals surface area contributed by atoms with Gasteiger partial charge in [-0.15, -0.1) is 0 Å². The van der Waals surface area contributed by atoms with Crippen molar-refractivity contribution in [2.45, 2.75) is 13.5 Å². The van der Waals surface area contributed by atoms with Crippen molar-refractivity contribution in [3.05, 3.63) is 95.9 Å². The van der Waals surface area contributed by atoms with Crippen molar-refractivity contribution in [1.29, 1.82) is 0 Å². The number of carbonyl (C=O) groups is 2. The summed E-state index contributed by atoms with van der Waals surface area (Å²) < 4.78 is 5.11. The Morgan fingerprint density at radius 3 is 2.47 bits per heavy atom. The molecule has 6 rings (SSSR count). The standard InChI is InChI=1S/C29H24N4O3/c1-19-30-28(31-36-19)24-10-8-22-7-6-20(14-26(22)16-24)17-32-12-13-33(18-27(32)34)29(35)25-11-9-21-4-2-3-5-23(21)15-25/h2-11,14-16H,12-13,17-18H2,1H3. The number of carbonyl (C=O) groups excluding carboxylic acids is 2. The molecule has 2 heterocycles. The number of hydrogen-bond acceptors (Lipinski definition) is 5. The van der Waals surface area contributed by atoms with Crippen LogP contribution in [0.3, 0.4) is 0 Å². The Morgan fingerprint density at radius 2 is 1.67 bits per heavy atom. The lowest BCUT2D eigenvalue weighted by Crippen LogP contribution is -2.51. The average Bonchev–Trinajstić information content (AvgIpc) is 3.35. The van der Waals surface area contributed by atoms with Crippen LogP contribution in [0.5, 0.6) is 0 Å². The van der Waals surface area contributed by atoms with Crippen LogP contribution < -0.4 is 0 Å². The summed E-state index contributed by atoms with van der Waals surface area (Å²) >= 11 is 0. The number of rotatable bonds is 4. The van der Waals surface area contributed by atoms with Gasteiger partial charge in [-0.05, 0) is 51.4 Å². The molecule has 0 saturated carbocycles. The lowest BCUT2D eigenvalue weighted by Gasteiger charge is -2.34. The number of nitrogens with zero attached hydrogens (tertiary/aromatic N) is 4. The zero-order valence-corrected chi connectivity index (χ0v) is 19.8. The summed E-state index contributed by atoms with van der Waals surface area (Å²) in [5.41, 5.74) is 2.53. The second kappa shape index (κ2) is 8.92. The number of aromatic nitrogens is 2. The van der Waals surface area contributed by atoms with E-state index in [-0.39, 0.29) is 18.4 Å². The average molecular weight is 477 g/mol. The predicted octanol–water partition coefficient (Wildman–Crippen LogP) is 4.84. The van der Waals surface area contributed by atoms with E-state index in [9.17, 15) is 9.59 Å². The van der Waals surface area contributed by atoms with E-state index in [2.05, 4.69) is 22.3 Å². The predicted molar refractivity (Wildman–Crippen MR) is 137 cm³/mol. The molecular weight excluding hydrogens is 452 g/mol. The molecule has 1 aliphatic rings. The molecule has 178 valence electrons. The third-order valence-corrected chi connectivity index (χ3v) is 6.67. The maximum atomic E-state index is 13.1.